The molecule has 0 saturated heterocycles. The first-order valence-electron chi connectivity index (χ1n) is 15.9. The van der Waals surface area contributed by atoms with Gasteiger partial charge in [0.25, 0.3) is 0 Å². The summed E-state index contributed by atoms with van der Waals surface area (Å²) in [5.74, 6) is -1.84. The van der Waals surface area contributed by atoms with Crippen molar-refractivity contribution in [2.75, 3.05) is 7.11 Å². The average Bonchev–Trinajstić information content (AvgIpc) is 3.27. The summed E-state index contributed by atoms with van der Waals surface area (Å²) in [7, 11) is 1.39. The molecule has 0 radical (unpaired) electrons. The molecular formula is C33H50O10. The molecule has 0 aromatic rings. The van der Waals surface area contributed by atoms with Gasteiger partial charge < -0.3 is 23.7 Å². The van der Waals surface area contributed by atoms with Crippen molar-refractivity contribution >= 4 is 29.8 Å². The molecule has 0 heterocycles. The number of fused-ring (bicyclic) bond motifs is 5. The van der Waals surface area contributed by atoms with Crippen LogP contribution < -0.4 is 0 Å². The van der Waals surface area contributed by atoms with Crippen molar-refractivity contribution in [2.24, 2.45) is 46.3 Å². The second kappa shape index (κ2) is 12.8. The maximum absolute atomic E-state index is 12.7. The predicted octanol–water partition coefficient (Wildman–Crippen LogP) is 4.79. The molecule has 7 unspecified atom stereocenters. The summed E-state index contributed by atoms with van der Waals surface area (Å²) in [6.07, 6.45) is 3.09. The molecule has 0 aromatic heterocycles. The van der Waals surface area contributed by atoms with Crippen molar-refractivity contribution in [2.45, 2.75) is 124 Å². The van der Waals surface area contributed by atoms with Crippen molar-refractivity contribution in [3.63, 3.8) is 0 Å². The number of methoxy groups -OCH3 is 1. The van der Waals surface area contributed by atoms with Gasteiger partial charge in [-0.25, -0.2) is 0 Å². The zero-order valence-corrected chi connectivity index (χ0v) is 27.0. The average molecular weight is 607 g/mol. The molecule has 4 rings (SSSR count). The summed E-state index contributed by atoms with van der Waals surface area (Å²) in [6.45, 7) is 12.2. The van der Waals surface area contributed by atoms with Gasteiger partial charge >= 0.3 is 29.8 Å². The Kier molecular flexibility index (Phi) is 9.86. The Bertz CT molecular complexity index is 1100. The molecule has 10 nitrogen and oxygen atoms in total. The van der Waals surface area contributed by atoms with Gasteiger partial charge in [0.15, 0.2) is 0 Å². The second-order valence-electron chi connectivity index (χ2n) is 14.0. The van der Waals surface area contributed by atoms with E-state index in [4.69, 9.17) is 23.7 Å². The zero-order chi connectivity index (χ0) is 31.9. The molecule has 0 aromatic carbocycles. The maximum atomic E-state index is 12.7. The van der Waals surface area contributed by atoms with E-state index in [1.54, 1.807) is 0 Å². The van der Waals surface area contributed by atoms with Gasteiger partial charge in [-0.2, -0.15) is 0 Å². The lowest BCUT2D eigenvalue weighted by atomic mass is 9.42. The number of rotatable bonds is 8. The van der Waals surface area contributed by atoms with Gasteiger partial charge in [-0.3, -0.25) is 24.0 Å². The van der Waals surface area contributed by atoms with E-state index in [0.29, 0.717) is 32.1 Å². The highest BCUT2D eigenvalue weighted by molar-refractivity contribution is 5.69. The molecule has 0 spiro atoms. The fraction of sp³-hybridized carbons (Fsp3) is 0.848. The highest BCUT2D eigenvalue weighted by Gasteiger charge is 2.70. The van der Waals surface area contributed by atoms with E-state index >= 15 is 0 Å². The fourth-order valence-electron chi connectivity index (χ4n) is 10.1. The Morgan fingerprint density at radius 2 is 1.35 bits per heavy atom. The molecule has 10 heteroatoms. The van der Waals surface area contributed by atoms with Crippen LogP contribution in [0.3, 0.4) is 0 Å². The summed E-state index contributed by atoms with van der Waals surface area (Å²) in [5, 5.41) is 0. The summed E-state index contributed by atoms with van der Waals surface area (Å²) in [4.78, 5) is 61.7. The van der Waals surface area contributed by atoms with Crippen molar-refractivity contribution < 1.29 is 47.7 Å². The van der Waals surface area contributed by atoms with Gasteiger partial charge in [0, 0.05) is 51.4 Å². The Hall–Kier alpha value is -2.65. The molecule has 4 aliphatic rings. The van der Waals surface area contributed by atoms with E-state index < -0.39 is 29.6 Å². The van der Waals surface area contributed by atoms with Crippen LogP contribution in [-0.4, -0.2) is 61.4 Å². The van der Waals surface area contributed by atoms with E-state index in [0.717, 1.165) is 19.3 Å². The van der Waals surface area contributed by atoms with Crippen LogP contribution in [0.25, 0.3) is 0 Å². The molecule has 4 fully saturated rings. The van der Waals surface area contributed by atoms with Crippen LogP contribution in [0.2, 0.25) is 0 Å². The number of hydrogen-bond donors (Lipinski definition) is 0. The van der Waals surface area contributed by atoms with E-state index in [2.05, 4.69) is 20.8 Å². The second-order valence-corrected chi connectivity index (χ2v) is 14.0. The molecule has 0 bridgehead atoms. The van der Waals surface area contributed by atoms with E-state index in [-0.39, 0.29) is 71.0 Å². The van der Waals surface area contributed by atoms with Crippen LogP contribution in [0.15, 0.2) is 0 Å². The number of hydrogen-bond acceptors (Lipinski definition) is 10. The smallest absolute Gasteiger partial charge is 0.305 e. The van der Waals surface area contributed by atoms with Crippen molar-refractivity contribution in [1.29, 1.82) is 0 Å². The molecule has 242 valence electrons. The number of carbonyl (C=O) groups is 5. The first-order chi connectivity index (χ1) is 20.1. The predicted molar refractivity (Wildman–Crippen MR) is 154 cm³/mol. The maximum Gasteiger partial charge on any atom is 0.305 e. The van der Waals surface area contributed by atoms with Gasteiger partial charge in [0.2, 0.25) is 0 Å². The zero-order valence-electron chi connectivity index (χ0n) is 27.0. The standard InChI is InChI=1S/C33H50O10/c1-17(9-12-28(38)39-8)23-10-11-24-29-25(16-27(33(23,24)7)41-19(3)35)32(6)14-13-22(40-18(2)34)15-26(32)30(42-20(4)36)31(29)43-21(5)37/h17,22-27,29-31H,9-16H2,1-8H3/t17?,22-,23?,24?,25?,26+,27-,29?,30+,31-,32?,33?/m1/s1. The van der Waals surface area contributed by atoms with Crippen LogP contribution >= 0.6 is 0 Å². The van der Waals surface area contributed by atoms with Crippen LogP contribution in [0.4, 0.5) is 0 Å². The quantitative estimate of drug-likeness (QED) is 0.281. The topological polar surface area (TPSA) is 132 Å². The minimum Gasteiger partial charge on any atom is -0.469 e. The summed E-state index contributed by atoms with van der Waals surface area (Å²) in [6, 6.07) is 0. The van der Waals surface area contributed by atoms with E-state index in [1.165, 1.54) is 34.8 Å². The van der Waals surface area contributed by atoms with Crippen LogP contribution in [0, 0.1) is 46.3 Å². The highest BCUT2D eigenvalue weighted by atomic mass is 16.6. The minimum absolute atomic E-state index is 0.0125. The third-order valence-electron chi connectivity index (χ3n) is 11.8. The van der Waals surface area contributed by atoms with Crippen molar-refractivity contribution in [3.8, 4) is 0 Å². The molecule has 0 aliphatic heterocycles. The summed E-state index contributed by atoms with van der Waals surface area (Å²) >= 11 is 0. The Morgan fingerprint density at radius 3 is 1.93 bits per heavy atom. The lowest BCUT2D eigenvalue weighted by Gasteiger charge is -2.65. The Labute approximate surface area is 255 Å². The van der Waals surface area contributed by atoms with Gasteiger partial charge in [0.05, 0.1) is 7.11 Å². The molecular weight excluding hydrogens is 556 g/mol. The van der Waals surface area contributed by atoms with Crippen molar-refractivity contribution in [3.05, 3.63) is 0 Å². The number of ether oxygens (including phenoxy) is 5. The molecule has 0 amide bonds. The largest absolute Gasteiger partial charge is 0.469 e. The lowest BCUT2D eigenvalue weighted by molar-refractivity contribution is -0.258. The number of esters is 5. The Morgan fingerprint density at radius 1 is 0.744 bits per heavy atom. The summed E-state index contributed by atoms with van der Waals surface area (Å²) < 4.78 is 29.0. The van der Waals surface area contributed by atoms with Gasteiger partial charge in [-0.05, 0) is 74.0 Å². The van der Waals surface area contributed by atoms with Crippen LogP contribution in [-0.2, 0) is 47.7 Å². The van der Waals surface area contributed by atoms with E-state index in [9.17, 15) is 24.0 Å². The molecule has 43 heavy (non-hydrogen) atoms. The van der Waals surface area contributed by atoms with Crippen molar-refractivity contribution in [1.82, 2.24) is 0 Å². The molecule has 4 aliphatic carbocycles. The Balaban J connectivity index is 1.80. The van der Waals surface area contributed by atoms with Gasteiger partial charge in [0.1, 0.15) is 24.4 Å². The first-order valence-corrected chi connectivity index (χ1v) is 15.9. The van der Waals surface area contributed by atoms with Crippen LogP contribution in [0.1, 0.15) is 99.8 Å². The molecule has 12 atom stereocenters. The highest BCUT2D eigenvalue weighted by Crippen LogP contribution is 2.69. The van der Waals surface area contributed by atoms with E-state index in [1.807, 2.05) is 0 Å². The summed E-state index contributed by atoms with van der Waals surface area (Å²) in [5.41, 5.74) is -0.786. The van der Waals surface area contributed by atoms with Gasteiger partial charge in [-0.1, -0.05) is 20.8 Å². The van der Waals surface area contributed by atoms with Gasteiger partial charge in [-0.15, -0.1) is 0 Å². The fourth-order valence-corrected chi connectivity index (χ4v) is 10.1. The normalized spacial score (nSPS) is 40.5. The first kappa shape index (κ1) is 33.2. The third-order valence-corrected chi connectivity index (χ3v) is 11.8. The number of carbonyl (C=O) groups excluding carboxylic acids is 5. The monoisotopic (exact) mass is 606 g/mol. The molecule has 4 saturated carbocycles. The van der Waals surface area contributed by atoms with Crippen LogP contribution in [0.5, 0.6) is 0 Å². The lowest BCUT2D eigenvalue weighted by Crippen LogP contribution is -2.68. The SMILES string of the molecule is COC(=O)CCC(C)C1CCC2C3C(C[C@@H](OC(C)=O)C12C)C1(C)CC[C@@H](OC(C)=O)C[C@H]1[C@H](OC(C)=O)[C@@H]3OC(C)=O. The minimum atomic E-state index is -0.698. The molecule has 0 N–H and O–H groups in total. The third kappa shape index (κ3) is 6.30.